The van der Waals surface area contributed by atoms with Crippen molar-refractivity contribution in [3.63, 3.8) is 0 Å². The number of carboxylic acid groups (broad SMARTS) is 1. The Labute approximate surface area is 525 Å². The third kappa shape index (κ3) is 29.8. The quantitative estimate of drug-likeness (QED) is 0.0119. The van der Waals surface area contributed by atoms with E-state index in [-0.39, 0.29) is 93.4 Å². The van der Waals surface area contributed by atoms with Crippen LogP contribution in [0.1, 0.15) is 141 Å². The monoisotopic (exact) mass is 1280 g/mol. The summed E-state index contributed by atoms with van der Waals surface area (Å²) in [7, 11) is 0. The summed E-state index contributed by atoms with van der Waals surface area (Å²) < 4.78 is 0. The number of nitrogens with two attached hydrogens (primary N) is 3. The van der Waals surface area contributed by atoms with Crippen LogP contribution in [0.2, 0.25) is 0 Å². The largest absolute Gasteiger partial charge is 0.480 e. The maximum absolute atomic E-state index is 14.2. The molecule has 1 aliphatic heterocycles. The van der Waals surface area contributed by atoms with Gasteiger partial charge in [-0.15, -0.1) is 0 Å². The smallest absolute Gasteiger partial charge is 0.328 e. The predicted molar refractivity (Wildman–Crippen MR) is 329 cm³/mol. The lowest BCUT2D eigenvalue weighted by atomic mass is 9.98. The highest BCUT2D eigenvalue weighted by Crippen LogP contribution is 2.20. The molecule has 19 N–H and O–H groups in total. The number of aliphatic imine (C=N–C) groups is 1. The van der Waals surface area contributed by atoms with Gasteiger partial charge in [-0.1, -0.05) is 55.4 Å². The number of amides is 13. The summed E-state index contributed by atoms with van der Waals surface area (Å²) in [5.41, 5.74) is 16.3. The van der Waals surface area contributed by atoms with Gasteiger partial charge in [-0.05, 0) is 95.8 Å². The van der Waals surface area contributed by atoms with Crippen molar-refractivity contribution >= 4 is 101 Å². The number of aliphatic hydroxyl groups is 1. The van der Waals surface area contributed by atoms with Crippen LogP contribution < -0.4 is 75.7 Å². The summed E-state index contributed by atoms with van der Waals surface area (Å²) in [6, 6.07) is -14.7. The first-order valence-corrected chi connectivity index (χ1v) is 30.4. The number of carbonyl (C=O) groups excluding carboxylic acids is 13. The molecule has 1 fully saturated rings. The van der Waals surface area contributed by atoms with Gasteiger partial charge in [0, 0.05) is 25.8 Å². The molecule has 0 aliphatic carbocycles. The van der Waals surface area contributed by atoms with E-state index in [1.165, 1.54) is 32.6 Å². The van der Waals surface area contributed by atoms with Crippen LogP contribution in [0.5, 0.6) is 0 Å². The van der Waals surface area contributed by atoms with E-state index in [1.807, 2.05) is 0 Å². The molecule has 0 radical (unpaired) electrons. The van der Waals surface area contributed by atoms with Gasteiger partial charge in [0.15, 0.2) is 12.0 Å². The molecule has 0 saturated carbocycles. The van der Waals surface area contributed by atoms with Gasteiger partial charge in [0.1, 0.15) is 60.4 Å². The maximum Gasteiger partial charge on any atom is 0.328 e. The van der Waals surface area contributed by atoms with Gasteiger partial charge in [0.25, 0.3) is 0 Å². The molecule has 0 aromatic heterocycles. The van der Waals surface area contributed by atoms with E-state index in [0.29, 0.717) is 6.42 Å². The fourth-order valence-electron chi connectivity index (χ4n) is 9.32. The topological polar surface area (TPSA) is 505 Å². The average molecular weight is 1280 g/mol. The van der Waals surface area contributed by atoms with Crippen molar-refractivity contribution in [2.45, 2.75) is 213 Å². The number of primary amides is 1. The number of hydrogen-bond acceptors (Lipinski definition) is 17. The van der Waals surface area contributed by atoms with Crippen LogP contribution in [0.3, 0.4) is 0 Å². The molecular weight excluding hydrogens is 1180 g/mol. The molecule has 0 spiro atoms. The van der Waals surface area contributed by atoms with Gasteiger partial charge >= 0.3 is 5.97 Å². The zero-order valence-corrected chi connectivity index (χ0v) is 54.0. The number of nitrogens with zero attached hydrogens (tertiary/aromatic N) is 2. The minimum Gasteiger partial charge on any atom is -0.480 e. The number of carboxylic acids is 1. The molecule has 1 heterocycles. The number of likely N-dealkylation sites (tertiary alicyclic amines) is 1. The number of hydrogen-bond donors (Lipinski definition) is 17. The highest BCUT2D eigenvalue weighted by Gasteiger charge is 2.39. The standard InChI is InChI=1S/C56H98N16O16S/c1-26(2)19-35(47(79)66-36(20-27(3)4)48(80)68-38(22-29(7)8)51(83)71-44(32(11)73)55(87)88)67-49(81)37(21-28(5)6)69-52(84)40(25-89)70-50(82)39(23-42(57)75)65-45(77)30(9)63-43(76)24-61-46(78)34(15-13-17-60-56(58)59)64-53(85)41-16-14-18-72(41)54(86)31(10)62-33(12)74/h26-32,34-41,44,73,89H,13-25H2,1-12H3,(H2,57,75)(H,61,78)(H,62,74)(H,63,76)(H,64,85)(H,65,77)(H,66,79)(H,67,81)(H,68,80)(H,69,84)(H,70,82)(H,71,83)(H,87,88)(H4,58,59,60)/t30-,31-,32+,34-,35-,36-,37-,38-,39-,40-,41-,44-/m0/s1. The van der Waals surface area contributed by atoms with E-state index in [1.54, 1.807) is 55.4 Å². The minimum absolute atomic E-state index is 0.00667. The molecule has 1 aliphatic rings. The third-order valence-electron chi connectivity index (χ3n) is 13.7. The Kier molecular flexibility index (Phi) is 34.9. The van der Waals surface area contributed by atoms with Crippen molar-refractivity contribution in [3.05, 3.63) is 0 Å². The summed E-state index contributed by atoms with van der Waals surface area (Å²) in [5, 5.41) is 46.9. The Morgan fingerprint density at radius 3 is 1.37 bits per heavy atom. The van der Waals surface area contributed by atoms with Gasteiger partial charge < -0.3 is 90.8 Å². The highest BCUT2D eigenvalue weighted by molar-refractivity contribution is 7.80. The van der Waals surface area contributed by atoms with E-state index >= 15 is 0 Å². The van der Waals surface area contributed by atoms with Gasteiger partial charge in [-0.25, -0.2) is 4.79 Å². The number of thiol groups is 1. The van der Waals surface area contributed by atoms with Gasteiger partial charge in [0.2, 0.25) is 76.8 Å². The van der Waals surface area contributed by atoms with Gasteiger partial charge in [-0.2, -0.15) is 12.6 Å². The van der Waals surface area contributed by atoms with E-state index in [4.69, 9.17) is 17.2 Å². The second-order valence-corrected chi connectivity index (χ2v) is 24.3. The Balaban J connectivity index is 3.25. The molecular formula is C56H98N16O16S. The van der Waals surface area contributed by atoms with Crippen molar-refractivity contribution in [1.29, 1.82) is 0 Å². The van der Waals surface area contributed by atoms with E-state index in [0.717, 1.165) is 0 Å². The summed E-state index contributed by atoms with van der Waals surface area (Å²) in [6.45, 7) is 18.9. The van der Waals surface area contributed by atoms with Crippen LogP contribution >= 0.6 is 12.6 Å². The molecule has 12 atom stereocenters. The van der Waals surface area contributed by atoms with Crippen molar-refractivity contribution in [2.75, 3.05) is 25.4 Å². The van der Waals surface area contributed by atoms with Crippen molar-refractivity contribution in [2.24, 2.45) is 45.9 Å². The molecule has 0 unspecified atom stereocenters. The molecule has 89 heavy (non-hydrogen) atoms. The van der Waals surface area contributed by atoms with Crippen LogP contribution in [-0.2, 0) is 67.1 Å². The molecule has 0 bridgehead atoms. The fraction of sp³-hybridized carbons (Fsp3) is 0.732. The number of nitrogens with one attached hydrogen (secondary N) is 11. The number of aliphatic carboxylic acids is 1. The molecule has 13 amide bonds. The summed E-state index contributed by atoms with van der Waals surface area (Å²) in [5.74, 6) is -13.7. The van der Waals surface area contributed by atoms with E-state index in [2.05, 4.69) is 76.1 Å². The Morgan fingerprint density at radius 2 is 0.966 bits per heavy atom. The van der Waals surface area contributed by atoms with Crippen LogP contribution in [0, 0.1) is 23.7 Å². The van der Waals surface area contributed by atoms with Crippen LogP contribution in [0.25, 0.3) is 0 Å². The molecule has 0 aromatic rings. The van der Waals surface area contributed by atoms with Crippen LogP contribution in [0.4, 0.5) is 0 Å². The highest BCUT2D eigenvalue weighted by atomic mass is 32.1. The van der Waals surface area contributed by atoms with E-state index in [9.17, 15) is 77.3 Å². The first-order valence-electron chi connectivity index (χ1n) is 29.8. The van der Waals surface area contributed by atoms with Crippen LogP contribution in [0.15, 0.2) is 4.99 Å². The van der Waals surface area contributed by atoms with Gasteiger partial charge in [0.05, 0.1) is 19.1 Å². The maximum atomic E-state index is 14.2. The third-order valence-corrected chi connectivity index (χ3v) is 14.0. The van der Waals surface area contributed by atoms with E-state index < -0.39 is 168 Å². The summed E-state index contributed by atoms with van der Waals surface area (Å²) >= 11 is 4.23. The van der Waals surface area contributed by atoms with Crippen molar-refractivity contribution in [1.82, 2.24) is 63.4 Å². The first-order chi connectivity index (χ1) is 41.4. The zero-order valence-electron chi connectivity index (χ0n) is 53.1. The lowest BCUT2D eigenvalue weighted by molar-refractivity contribution is -0.145. The molecule has 504 valence electrons. The normalized spacial score (nSPS) is 16.7. The minimum atomic E-state index is -1.73. The Bertz CT molecular complexity index is 2510. The zero-order chi connectivity index (χ0) is 68.2. The number of carbonyl (C=O) groups is 14. The number of guanidine groups is 1. The second-order valence-electron chi connectivity index (χ2n) is 23.9. The average Bonchev–Trinajstić information content (AvgIpc) is 3.74. The molecule has 32 nitrogen and oxygen atoms in total. The predicted octanol–water partition coefficient (Wildman–Crippen LogP) is -4.49. The SMILES string of the molecule is CC(=O)N[C@@H](C)C(=O)N1CCC[C@H]1C(=O)N[C@@H](CCCN=C(N)N)C(=O)NCC(=O)N[C@@H](C)C(=O)N[C@@H](CC(N)=O)C(=O)N[C@@H](CS)C(=O)N[C@@H](CC(C)C)C(=O)N[C@@H](CC(C)C)C(=O)N[C@@H](CC(C)C)C(=O)N[C@@H](CC(C)C)C(=O)N[C@H](C(=O)O)[C@@H](C)O. The van der Waals surface area contributed by atoms with Crippen molar-refractivity contribution in [3.8, 4) is 0 Å². The molecule has 1 saturated heterocycles. The molecule has 33 heteroatoms. The Hall–Kier alpha value is -7.84. The lowest BCUT2D eigenvalue weighted by Crippen LogP contribution is -2.61. The molecule has 1 rings (SSSR count). The van der Waals surface area contributed by atoms with Crippen molar-refractivity contribution < 1.29 is 77.3 Å². The molecule has 0 aromatic carbocycles. The fourth-order valence-corrected chi connectivity index (χ4v) is 9.58. The lowest BCUT2D eigenvalue weighted by Gasteiger charge is -2.29. The summed E-state index contributed by atoms with van der Waals surface area (Å²) in [6.07, 6.45) is -1.18. The second kappa shape index (κ2) is 39.2. The summed E-state index contributed by atoms with van der Waals surface area (Å²) in [4.78, 5) is 191. The number of rotatable bonds is 39. The first kappa shape index (κ1) is 79.2. The number of aliphatic hydroxyl groups excluding tert-OH is 1. The Morgan fingerprint density at radius 1 is 0.539 bits per heavy atom. The van der Waals surface area contributed by atoms with Crippen LogP contribution in [-0.4, -0.2) is 202 Å². The van der Waals surface area contributed by atoms with Gasteiger partial charge in [-0.3, -0.25) is 67.3 Å².